The van der Waals surface area contributed by atoms with Gasteiger partial charge in [0.05, 0.1) is 12.5 Å². The SMILES string of the molecule is CC(C)C1=C2C3CCC4C(C)(CCC5C(C)(C)C(OC(=O)CC(C)(C)C=O)CCC54C)C3CCC2(C(O)CN2CCC(Cc3ccccc3)CC2)CC1=O.CO. The number of aldehydes is 1. The first-order chi connectivity index (χ1) is 26.4. The second-order valence-electron chi connectivity index (χ2n) is 21.3. The van der Waals surface area contributed by atoms with Crippen molar-refractivity contribution in [2.24, 2.45) is 62.6 Å². The minimum absolute atomic E-state index is 0.120. The molecule has 0 spiro atoms. The molecule has 2 N–H and O–H groups in total. The van der Waals surface area contributed by atoms with Gasteiger partial charge in [-0.25, -0.2) is 0 Å². The molecule has 0 radical (unpaired) electrons. The summed E-state index contributed by atoms with van der Waals surface area (Å²) in [6.07, 6.45) is 12.7. The molecule has 1 aliphatic heterocycles. The first-order valence-corrected chi connectivity index (χ1v) is 22.3. The summed E-state index contributed by atoms with van der Waals surface area (Å²) in [6.45, 7) is 20.6. The molecular weight excluding hydrogens is 699 g/mol. The lowest BCUT2D eigenvalue weighted by Gasteiger charge is -2.69. The van der Waals surface area contributed by atoms with E-state index in [1.165, 1.54) is 11.1 Å². The van der Waals surface area contributed by atoms with Gasteiger partial charge in [0.2, 0.25) is 0 Å². The molecule has 0 amide bonds. The number of carbonyl (C=O) groups is 3. The molecule has 7 heteroatoms. The van der Waals surface area contributed by atoms with Crippen LogP contribution >= 0.6 is 0 Å². The maximum Gasteiger partial charge on any atom is 0.307 e. The van der Waals surface area contributed by atoms with Crippen LogP contribution in [0.5, 0.6) is 0 Å². The number of carbonyl (C=O) groups excluding carboxylic acids is 3. The van der Waals surface area contributed by atoms with E-state index in [2.05, 4.69) is 76.8 Å². The summed E-state index contributed by atoms with van der Waals surface area (Å²) in [6, 6.07) is 10.9. The number of β-amino-alcohol motifs (C(OH)–C–C–N with tert-alkyl or cyclic N) is 1. The molecule has 312 valence electrons. The van der Waals surface area contributed by atoms with Crippen LogP contribution in [-0.4, -0.2) is 72.1 Å². The molecule has 5 fully saturated rings. The van der Waals surface area contributed by atoms with Crippen molar-refractivity contribution >= 4 is 18.0 Å². The number of hydrogen-bond acceptors (Lipinski definition) is 7. The van der Waals surface area contributed by atoms with Gasteiger partial charge in [-0.05, 0) is 141 Å². The molecule has 5 aliphatic carbocycles. The summed E-state index contributed by atoms with van der Waals surface area (Å²) in [5.41, 5.74) is 2.89. The standard InChI is InChI=1S/C48H71NO5.CH4O/c1-31(2)42-36(51)27-48(39(52)29-49-24-19-33(20-25-49)26-32-12-10-9-11-13-32)23-16-35-34(43(42)48)14-15-38-46(35,7)21-17-37-45(5,6)40(18-22-47(37,38)8)54-41(53)28-44(3,4)30-50;1-2/h9-13,30-31,33-35,37-40,52H,14-29H2,1-8H3;2H,1H3. The number of ketones is 1. The Balaban J connectivity index is 0.00000262. The number of benzene rings is 1. The number of likely N-dealkylation sites (tertiary alicyclic amines) is 1. The van der Waals surface area contributed by atoms with Gasteiger partial charge in [0, 0.05) is 36.3 Å². The first-order valence-electron chi connectivity index (χ1n) is 22.3. The van der Waals surface area contributed by atoms with E-state index in [0.717, 1.165) is 103 Å². The first kappa shape index (κ1) is 43.2. The number of Topliss-reactive ketones (excluding diaryl/α,β-unsaturated/α-hetero) is 1. The monoisotopic (exact) mass is 774 g/mol. The van der Waals surface area contributed by atoms with Crippen LogP contribution in [0.25, 0.3) is 0 Å². The Labute approximate surface area is 338 Å². The highest BCUT2D eigenvalue weighted by Gasteiger charge is 2.67. The molecule has 1 aromatic carbocycles. The Bertz CT molecular complexity index is 1610. The Morgan fingerprint density at radius 1 is 0.911 bits per heavy atom. The topological polar surface area (TPSA) is 104 Å². The predicted octanol–water partition coefficient (Wildman–Crippen LogP) is 9.03. The third kappa shape index (κ3) is 7.65. The molecule has 1 saturated heterocycles. The van der Waals surface area contributed by atoms with Crippen molar-refractivity contribution in [3.05, 3.63) is 47.0 Å². The second-order valence-corrected chi connectivity index (χ2v) is 21.3. The number of esters is 1. The highest BCUT2D eigenvalue weighted by Crippen LogP contribution is 2.73. The Morgan fingerprint density at radius 2 is 1.57 bits per heavy atom. The van der Waals surface area contributed by atoms with E-state index in [9.17, 15) is 19.5 Å². The van der Waals surface area contributed by atoms with Gasteiger partial charge < -0.3 is 24.6 Å². The van der Waals surface area contributed by atoms with Gasteiger partial charge in [0.15, 0.2) is 5.78 Å². The number of fused-ring (bicyclic) bond motifs is 7. The molecule has 6 aliphatic rings. The Morgan fingerprint density at radius 3 is 2.21 bits per heavy atom. The quantitative estimate of drug-likeness (QED) is 0.181. The number of ether oxygens (including phenoxy) is 1. The molecule has 7 nitrogen and oxygen atoms in total. The summed E-state index contributed by atoms with van der Waals surface area (Å²) >= 11 is 0. The van der Waals surface area contributed by atoms with Crippen LogP contribution in [0.2, 0.25) is 0 Å². The van der Waals surface area contributed by atoms with Gasteiger partial charge >= 0.3 is 5.97 Å². The minimum atomic E-state index is -0.710. The van der Waals surface area contributed by atoms with Gasteiger partial charge in [-0.15, -0.1) is 0 Å². The number of nitrogens with zero attached hydrogens (tertiary/aromatic N) is 1. The third-order valence-electron chi connectivity index (χ3n) is 16.9. The van der Waals surface area contributed by atoms with E-state index in [-0.39, 0.29) is 40.7 Å². The molecule has 1 aromatic rings. The molecule has 4 saturated carbocycles. The van der Waals surface area contributed by atoms with Crippen molar-refractivity contribution in [3.63, 3.8) is 0 Å². The fraction of sp³-hybridized carbons (Fsp3) is 0.776. The number of hydrogen-bond donors (Lipinski definition) is 2. The van der Waals surface area contributed by atoms with Gasteiger partial charge in [0.25, 0.3) is 0 Å². The summed E-state index contributed by atoms with van der Waals surface area (Å²) in [4.78, 5) is 41.2. The predicted molar refractivity (Wildman–Crippen MR) is 223 cm³/mol. The molecule has 1 heterocycles. The Kier molecular flexibility index (Phi) is 12.6. The lowest BCUT2D eigenvalue weighted by Crippen LogP contribution is -2.63. The maximum atomic E-state index is 14.1. The number of rotatable bonds is 10. The fourth-order valence-electron chi connectivity index (χ4n) is 14.3. The van der Waals surface area contributed by atoms with Crippen LogP contribution in [0.3, 0.4) is 0 Å². The van der Waals surface area contributed by atoms with Crippen LogP contribution in [0.1, 0.15) is 138 Å². The molecular formula is C49H75NO6. The lowest BCUT2D eigenvalue weighted by molar-refractivity contribution is -0.214. The largest absolute Gasteiger partial charge is 0.462 e. The highest BCUT2D eigenvalue weighted by atomic mass is 16.5. The van der Waals surface area contributed by atoms with Gasteiger partial charge in [-0.1, -0.05) is 91.3 Å². The summed E-state index contributed by atoms with van der Waals surface area (Å²) in [7, 11) is 1.00. The third-order valence-corrected chi connectivity index (χ3v) is 16.9. The summed E-state index contributed by atoms with van der Waals surface area (Å²) in [5, 5.41) is 19.4. The van der Waals surface area contributed by atoms with Gasteiger partial charge in [-0.2, -0.15) is 0 Å². The second kappa shape index (κ2) is 16.4. The molecule has 0 aromatic heterocycles. The van der Waals surface area contributed by atoms with Crippen LogP contribution in [0.4, 0.5) is 0 Å². The van der Waals surface area contributed by atoms with Crippen LogP contribution in [0, 0.1) is 62.6 Å². The number of aliphatic hydroxyl groups excluding tert-OH is 2. The number of piperidine rings is 1. The number of aliphatic hydroxyl groups is 2. The average Bonchev–Trinajstić information content (AvgIpc) is 3.48. The molecule has 0 bridgehead atoms. The van der Waals surface area contributed by atoms with E-state index in [1.807, 2.05) is 0 Å². The van der Waals surface area contributed by atoms with E-state index < -0.39 is 16.9 Å². The summed E-state index contributed by atoms with van der Waals surface area (Å²) in [5.74, 6) is 2.81. The normalized spacial score (nSPS) is 36.4. The van der Waals surface area contributed by atoms with Gasteiger partial charge in [0.1, 0.15) is 12.4 Å². The van der Waals surface area contributed by atoms with Crippen molar-refractivity contribution in [2.75, 3.05) is 26.7 Å². The average molecular weight is 774 g/mol. The Hall–Kier alpha value is -2.35. The van der Waals surface area contributed by atoms with E-state index >= 15 is 0 Å². The fourth-order valence-corrected chi connectivity index (χ4v) is 14.3. The maximum absolute atomic E-state index is 14.1. The van der Waals surface area contributed by atoms with E-state index in [1.54, 1.807) is 13.8 Å². The smallest absolute Gasteiger partial charge is 0.307 e. The van der Waals surface area contributed by atoms with Crippen molar-refractivity contribution in [2.45, 2.75) is 151 Å². The lowest BCUT2D eigenvalue weighted by atomic mass is 9.36. The van der Waals surface area contributed by atoms with E-state index in [4.69, 9.17) is 9.84 Å². The molecule has 9 atom stereocenters. The molecule has 56 heavy (non-hydrogen) atoms. The zero-order valence-corrected chi connectivity index (χ0v) is 36.4. The van der Waals surface area contributed by atoms with E-state index in [0.29, 0.717) is 48.3 Å². The molecule has 7 rings (SSSR count). The highest BCUT2D eigenvalue weighted by molar-refractivity contribution is 6.00. The van der Waals surface area contributed by atoms with Crippen molar-refractivity contribution in [3.8, 4) is 0 Å². The van der Waals surface area contributed by atoms with Crippen LogP contribution < -0.4 is 0 Å². The zero-order chi connectivity index (χ0) is 40.8. The van der Waals surface area contributed by atoms with Crippen LogP contribution in [-0.2, 0) is 25.5 Å². The van der Waals surface area contributed by atoms with Crippen molar-refractivity contribution < 1.29 is 29.3 Å². The van der Waals surface area contributed by atoms with Crippen molar-refractivity contribution in [1.29, 1.82) is 0 Å². The minimum Gasteiger partial charge on any atom is -0.462 e. The van der Waals surface area contributed by atoms with Gasteiger partial charge in [-0.3, -0.25) is 9.59 Å². The van der Waals surface area contributed by atoms with Crippen LogP contribution in [0.15, 0.2) is 41.5 Å². The molecule has 9 unspecified atom stereocenters. The summed E-state index contributed by atoms with van der Waals surface area (Å²) < 4.78 is 6.23. The van der Waals surface area contributed by atoms with Crippen molar-refractivity contribution in [1.82, 2.24) is 4.90 Å². The zero-order valence-electron chi connectivity index (χ0n) is 36.4. The number of allylic oxidation sites excluding steroid dienone is 1.